The molecule has 1 aromatic rings. The molecule has 0 spiro atoms. The number of nitrogens with zero attached hydrogens (tertiary/aromatic N) is 1. The molecule has 4 heteroatoms. The first-order valence-corrected chi connectivity index (χ1v) is 4.79. The van der Waals surface area contributed by atoms with Crippen molar-refractivity contribution in [3.05, 3.63) is 30.1 Å². The molecule has 0 aromatic carbocycles. The number of hydrogen-bond donors (Lipinski definition) is 1. The van der Waals surface area contributed by atoms with E-state index in [9.17, 15) is 4.79 Å². The van der Waals surface area contributed by atoms with Gasteiger partial charge in [0, 0.05) is 23.9 Å². The van der Waals surface area contributed by atoms with E-state index >= 15 is 0 Å². The van der Waals surface area contributed by atoms with Crippen LogP contribution in [0.15, 0.2) is 24.4 Å². The molecule has 1 rings (SSSR count). The number of alkyl carbamates (subject to hydrolysis) is 1. The van der Waals surface area contributed by atoms with Gasteiger partial charge in [0.25, 0.3) is 0 Å². The fourth-order valence-electron chi connectivity index (χ4n) is 1.22. The average Bonchev–Trinajstić information content (AvgIpc) is 2.27. The van der Waals surface area contributed by atoms with Crippen molar-refractivity contribution in [3.8, 4) is 0 Å². The number of amides is 1. The van der Waals surface area contributed by atoms with Crippen LogP contribution < -0.4 is 5.32 Å². The van der Waals surface area contributed by atoms with Crippen molar-refractivity contribution in [1.29, 1.82) is 0 Å². The van der Waals surface area contributed by atoms with Crippen LogP contribution in [0.3, 0.4) is 0 Å². The van der Waals surface area contributed by atoms with Gasteiger partial charge in [-0.1, -0.05) is 19.9 Å². The van der Waals surface area contributed by atoms with Gasteiger partial charge in [0.2, 0.25) is 0 Å². The van der Waals surface area contributed by atoms with Crippen molar-refractivity contribution in [3.63, 3.8) is 0 Å². The second-order valence-electron chi connectivity index (χ2n) is 3.94. The minimum Gasteiger partial charge on any atom is -0.453 e. The van der Waals surface area contributed by atoms with E-state index in [1.54, 1.807) is 6.20 Å². The smallest absolute Gasteiger partial charge is 0.406 e. The standard InChI is InChI=1S/C11H16N2O2/c1-11(2,8-13-10(14)15-3)9-6-4-5-7-12-9/h4-7H,8H2,1-3H3,(H,13,14). The minimum atomic E-state index is -0.418. The third-order valence-electron chi connectivity index (χ3n) is 2.22. The Morgan fingerprint density at radius 3 is 2.80 bits per heavy atom. The molecule has 0 fully saturated rings. The Labute approximate surface area is 89.7 Å². The van der Waals surface area contributed by atoms with Gasteiger partial charge in [0.1, 0.15) is 0 Å². The number of pyridine rings is 1. The molecule has 0 radical (unpaired) electrons. The van der Waals surface area contributed by atoms with E-state index in [1.165, 1.54) is 7.11 Å². The van der Waals surface area contributed by atoms with Crippen LogP contribution in [0, 0.1) is 0 Å². The molecule has 0 unspecified atom stereocenters. The maximum Gasteiger partial charge on any atom is 0.406 e. The van der Waals surface area contributed by atoms with E-state index in [0.29, 0.717) is 6.54 Å². The highest BCUT2D eigenvalue weighted by molar-refractivity contribution is 5.67. The van der Waals surface area contributed by atoms with Crippen LogP contribution in [0.5, 0.6) is 0 Å². The molecule has 0 atom stereocenters. The number of carbonyl (C=O) groups excluding carboxylic acids is 1. The summed E-state index contributed by atoms with van der Waals surface area (Å²) < 4.78 is 4.51. The van der Waals surface area contributed by atoms with E-state index in [-0.39, 0.29) is 5.41 Å². The van der Waals surface area contributed by atoms with Crippen molar-refractivity contribution < 1.29 is 9.53 Å². The predicted octanol–water partition coefficient (Wildman–Crippen LogP) is 1.72. The molecule has 0 aliphatic rings. The van der Waals surface area contributed by atoms with E-state index < -0.39 is 6.09 Å². The number of ether oxygens (including phenoxy) is 1. The van der Waals surface area contributed by atoms with Gasteiger partial charge in [0.15, 0.2) is 0 Å². The molecule has 0 saturated heterocycles. The quantitative estimate of drug-likeness (QED) is 0.822. The minimum absolute atomic E-state index is 0.199. The predicted molar refractivity (Wildman–Crippen MR) is 57.7 cm³/mol. The van der Waals surface area contributed by atoms with Gasteiger partial charge in [-0.15, -0.1) is 0 Å². The van der Waals surface area contributed by atoms with Crippen molar-refractivity contribution in [2.24, 2.45) is 0 Å². The highest BCUT2D eigenvalue weighted by atomic mass is 16.5. The van der Waals surface area contributed by atoms with E-state index in [0.717, 1.165) is 5.69 Å². The van der Waals surface area contributed by atoms with Gasteiger partial charge in [-0.2, -0.15) is 0 Å². The first-order valence-electron chi connectivity index (χ1n) is 4.79. The maximum atomic E-state index is 10.9. The highest BCUT2D eigenvalue weighted by Crippen LogP contribution is 2.19. The second-order valence-corrected chi connectivity index (χ2v) is 3.94. The molecule has 4 nitrogen and oxygen atoms in total. The molecule has 82 valence electrons. The summed E-state index contributed by atoms with van der Waals surface area (Å²) in [7, 11) is 1.35. The number of carbonyl (C=O) groups is 1. The lowest BCUT2D eigenvalue weighted by molar-refractivity contribution is 0.168. The van der Waals surface area contributed by atoms with Crippen LogP contribution in [0.2, 0.25) is 0 Å². The van der Waals surface area contributed by atoms with Gasteiger partial charge in [-0.25, -0.2) is 4.79 Å². The molecule has 1 heterocycles. The van der Waals surface area contributed by atoms with Crippen molar-refractivity contribution >= 4 is 6.09 Å². The Morgan fingerprint density at radius 2 is 2.27 bits per heavy atom. The fourth-order valence-corrected chi connectivity index (χ4v) is 1.22. The van der Waals surface area contributed by atoms with Crippen LogP contribution in [0.25, 0.3) is 0 Å². The zero-order valence-electron chi connectivity index (χ0n) is 9.28. The number of methoxy groups -OCH3 is 1. The molecule has 1 aromatic heterocycles. The topological polar surface area (TPSA) is 51.2 Å². The van der Waals surface area contributed by atoms with Gasteiger partial charge >= 0.3 is 6.09 Å². The lowest BCUT2D eigenvalue weighted by Crippen LogP contribution is -2.37. The molecule has 1 N–H and O–H groups in total. The van der Waals surface area contributed by atoms with E-state index in [1.807, 2.05) is 32.0 Å². The summed E-state index contributed by atoms with van der Waals surface area (Å²) in [6.45, 7) is 4.53. The third kappa shape index (κ3) is 3.23. The average molecular weight is 208 g/mol. The Balaban J connectivity index is 2.63. The summed E-state index contributed by atoms with van der Waals surface area (Å²) in [5.41, 5.74) is 0.747. The summed E-state index contributed by atoms with van der Waals surface area (Å²) in [4.78, 5) is 15.2. The molecule has 15 heavy (non-hydrogen) atoms. The van der Waals surface area contributed by atoms with E-state index in [4.69, 9.17) is 0 Å². The van der Waals surface area contributed by atoms with Crippen molar-refractivity contribution in [2.75, 3.05) is 13.7 Å². The van der Waals surface area contributed by atoms with Crippen molar-refractivity contribution in [1.82, 2.24) is 10.3 Å². The molecule has 0 aliphatic carbocycles. The normalized spacial score (nSPS) is 10.9. The lowest BCUT2D eigenvalue weighted by atomic mass is 9.89. The molecule has 0 bridgehead atoms. The summed E-state index contributed by atoms with van der Waals surface area (Å²) in [6.07, 6.45) is 1.33. The Hall–Kier alpha value is -1.58. The largest absolute Gasteiger partial charge is 0.453 e. The first kappa shape index (κ1) is 11.5. The Bertz CT molecular complexity index is 323. The Kier molecular flexibility index (Phi) is 3.66. The Morgan fingerprint density at radius 1 is 1.53 bits per heavy atom. The van der Waals surface area contributed by atoms with Crippen LogP contribution in [0.1, 0.15) is 19.5 Å². The number of hydrogen-bond acceptors (Lipinski definition) is 3. The van der Waals surface area contributed by atoms with Crippen molar-refractivity contribution in [2.45, 2.75) is 19.3 Å². The number of aromatic nitrogens is 1. The SMILES string of the molecule is COC(=O)NCC(C)(C)c1ccccn1. The summed E-state index contributed by atoms with van der Waals surface area (Å²) in [5, 5.41) is 2.67. The summed E-state index contributed by atoms with van der Waals surface area (Å²) in [5.74, 6) is 0. The molecular weight excluding hydrogens is 192 g/mol. The van der Waals surface area contributed by atoms with Crippen LogP contribution in [-0.4, -0.2) is 24.7 Å². The summed E-state index contributed by atoms with van der Waals surface area (Å²) in [6, 6.07) is 5.74. The fraction of sp³-hybridized carbons (Fsp3) is 0.455. The van der Waals surface area contributed by atoms with Crippen LogP contribution in [-0.2, 0) is 10.2 Å². The van der Waals surface area contributed by atoms with Crippen LogP contribution >= 0.6 is 0 Å². The third-order valence-corrected chi connectivity index (χ3v) is 2.22. The zero-order chi connectivity index (χ0) is 11.3. The highest BCUT2D eigenvalue weighted by Gasteiger charge is 2.22. The van der Waals surface area contributed by atoms with Gasteiger partial charge < -0.3 is 10.1 Å². The van der Waals surface area contributed by atoms with Crippen LogP contribution in [0.4, 0.5) is 4.79 Å². The zero-order valence-corrected chi connectivity index (χ0v) is 9.28. The summed E-state index contributed by atoms with van der Waals surface area (Å²) >= 11 is 0. The maximum absolute atomic E-state index is 10.9. The number of nitrogens with one attached hydrogen (secondary N) is 1. The van der Waals surface area contributed by atoms with E-state index in [2.05, 4.69) is 15.0 Å². The second kappa shape index (κ2) is 4.77. The number of rotatable bonds is 3. The molecule has 1 amide bonds. The molecule has 0 aliphatic heterocycles. The molecular formula is C11H16N2O2. The van der Waals surface area contributed by atoms with Gasteiger partial charge in [0.05, 0.1) is 7.11 Å². The monoisotopic (exact) mass is 208 g/mol. The molecule has 0 saturated carbocycles. The first-order chi connectivity index (χ1) is 7.06. The van der Waals surface area contributed by atoms with Gasteiger partial charge in [-0.3, -0.25) is 4.98 Å². The lowest BCUT2D eigenvalue weighted by Gasteiger charge is -2.23. The van der Waals surface area contributed by atoms with Gasteiger partial charge in [-0.05, 0) is 12.1 Å².